The molecule has 0 aromatic heterocycles. The molecule has 0 amide bonds. The van der Waals surface area contributed by atoms with E-state index in [-0.39, 0.29) is 12.0 Å². The summed E-state index contributed by atoms with van der Waals surface area (Å²) < 4.78 is 5.60. The number of carbonyl (C=O) groups is 1. The fraction of sp³-hybridized carbons (Fsp3) is 0.929. The van der Waals surface area contributed by atoms with Crippen molar-refractivity contribution in [3.8, 4) is 0 Å². The fourth-order valence-electron chi connectivity index (χ4n) is 2.56. The zero-order valence-corrected chi connectivity index (χ0v) is 11.2. The number of ketones is 1. The molecular weight excluding hydrogens is 200 g/mol. The molecule has 0 bridgehead atoms. The van der Waals surface area contributed by atoms with Crippen LogP contribution in [0.1, 0.15) is 53.4 Å². The maximum absolute atomic E-state index is 12.3. The highest BCUT2D eigenvalue weighted by molar-refractivity contribution is 5.85. The second-order valence-electron chi connectivity index (χ2n) is 5.48. The van der Waals surface area contributed by atoms with Crippen molar-refractivity contribution >= 4 is 5.78 Å². The molecule has 0 saturated heterocycles. The third-order valence-corrected chi connectivity index (χ3v) is 3.65. The SMILES string of the molecule is CCOC(C(=O)C1CCC(C)CC1)C(C)C. The van der Waals surface area contributed by atoms with Crippen LogP contribution in [-0.4, -0.2) is 18.5 Å². The Morgan fingerprint density at radius 2 is 1.81 bits per heavy atom. The topological polar surface area (TPSA) is 26.3 Å². The van der Waals surface area contributed by atoms with E-state index in [2.05, 4.69) is 20.8 Å². The summed E-state index contributed by atoms with van der Waals surface area (Å²) in [5.74, 6) is 1.71. The predicted octanol–water partition coefficient (Wildman–Crippen LogP) is 3.44. The lowest BCUT2D eigenvalue weighted by Gasteiger charge is -2.29. The number of Topliss-reactive ketones (excluding diaryl/α,β-unsaturated/α-hetero) is 1. The Kier molecular flexibility index (Phi) is 5.47. The van der Waals surface area contributed by atoms with Crippen molar-refractivity contribution in [1.82, 2.24) is 0 Å². The Morgan fingerprint density at radius 1 is 1.25 bits per heavy atom. The molecular formula is C14H26O2. The number of ether oxygens (including phenoxy) is 1. The Bertz CT molecular complexity index is 215. The minimum absolute atomic E-state index is 0.177. The molecule has 0 radical (unpaired) electrons. The summed E-state index contributed by atoms with van der Waals surface area (Å²) >= 11 is 0. The van der Waals surface area contributed by atoms with Gasteiger partial charge in [-0.25, -0.2) is 0 Å². The van der Waals surface area contributed by atoms with Crippen molar-refractivity contribution in [1.29, 1.82) is 0 Å². The molecule has 0 aliphatic heterocycles. The molecule has 94 valence electrons. The molecule has 0 N–H and O–H groups in total. The number of carbonyl (C=O) groups excluding carboxylic acids is 1. The monoisotopic (exact) mass is 226 g/mol. The van der Waals surface area contributed by atoms with Gasteiger partial charge < -0.3 is 4.74 Å². The minimum Gasteiger partial charge on any atom is -0.370 e. The predicted molar refractivity (Wildman–Crippen MR) is 66.4 cm³/mol. The third-order valence-electron chi connectivity index (χ3n) is 3.65. The van der Waals surface area contributed by atoms with E-state index in [1.165, 1.54) is 12.8 Å². The molecule has 1 fully saturated rings. The van der Waals surface area contributed by atoms with Crippen LogP contribution in [0.15, 0.2) is 0 Å². The van der Waals surface area contributed by atoms with E-state index in [1.807, 2.05) is 6.92 Å². The summed E-state index contributed by atoms with van der Waals surface area (Å²) in [6.07, 6.45) is 4.36. The van der Waals surface area contributed by atoms with Crippen LogP contribution < -0.4 is 0 Å². The van der Waals surface area contributed by atoms with Crippen LogP contribution >= 0.6 is 0 Å². The standard InChI is InChI=1S/C14H26O2/c1-5-16-14(10(2)3)13(15)12-8-6-11(4)7-9-12/h10-12,14H,5-9H2,1-4H3. The van der Waals surface area contributed by atoms with Gasteiger partial charge in [-0.1, -0.05) is 33.6 Å². The summed E-state index contributed by atoms with van der Waals surface area (Å²) in [5.41, 5.74) is 0. The lowest BCUT2D eigenvalue weighted by Crippen LogP contribution is -2.36. The molecule has 1 atom stereocenters. The van der Waals surface area contributed by atoms with Crippen LogP contribution in [0.3, 0.4) is 0 Å². The molecule has 2 heteroatoms. The largest absolute Gasteiger partial charge is 0.370 e. The molecule has 1 rings (SSSR count). The number of hydrogen-bond acceptors (Lipinski definition) is 2. The smallest absolute Gasteiger partial charge is 0.164 e. The van der Waals surface area contributed by atoms with Gasteiger partial charge in [0.2, 0.25) is 0 Å². The Morgan fingerprint density at radius 3 is 2.25 bits per heavy atom. The first-order chi connectivity index (χ1) is 7.56. The Labute approximate surface area is 99.8 Å². The van der Waals surface area contributed by atoms with Gasteiger partial charge in [0.1, 0.15) is 6.10 Å². The fourth-order valence-corrected chi connectivity index (χ4v) is 2.56. The average Bonchev–Trinajstić information content (AvgIpc) is 2.25. The first-order valence-corrected chi connectivity index (χ1v) is 6.71. The van der Waals surface area contributed by atoms with E-state index in [0.717, 1.165) is 18.8 Å². The van der Waals surface area contributed by atoms with Crippen LogP contribution in [0.4, 0.5) is 0 Å². The van der Waals surface area contributed by atoms with E-state index in [9.17, 15) is 4.79 Å². The van der Waals surface area contributed by atoms with Crippen molar-refractivity contribution < 1.29 is 9.53 Å². The van der Waals surface area contributed by atoms with Crippen molar-refractivity contribution in [2.45, 2.75) is 59.5 Å². The molecule has 0 heterocycles. The quantitative estimate of drug-likeness (QED) is 0.717. The lowest BCUT2D eigenvalue weighted by atomic mass is 9.78. The Balaban J connectivity index is 2.53. The maximum Gasteiger partial charge on any atom is 0.164 e. The van der Waals surface area contributed by atoms with Gasteiger partial charge in [0.05, 0.1) is 0 Å². The lowest BCUT2D eigenvalue weighted by molar-refractivity contribution is -0.138. The highest BCUT2D eigenvalue weighted by Gasteiger charge is 2.31. The molecule has 1 saturated carbocycles. The van der Waals surface area contributed by atoms with Gasteiger partial charge in [0.25, 0.3) is 0 Å². The molecule has 1 unspecified atom stereocenters. The third kappa shape index (κ3) is 3.58. The molecule has 2 nitrogen and oxygen atoms in total. The minimum atomic E-state index is -0.177. The molecule has 0 aromatic carbocycles. The van der Waals surface area contributed by atoms with E-state index in [4.69, 9.17) is 4.74 Å². The van der Waals surface area contributed by atoms with Gasteiger partial charge in [-0.05, 0) is 31.6 Å². The summed E-state index contributed by atoms with van der Waals surface area (Å²) in [7, 11) is 0. The summed E-state index contributed by atoms with van der Waals surface area (Å²) in [4.78, 5) is 12.3. The molecule has 0 spiro atoms. The van der Waals surface area contributed by atoms with Crippen LogP contribution in [-0.2, 0) is 9.53 Å². The van der Waals surface area contributed by atoms with Gasteiger partial charge in [-0.2, -0.15) is 0 Å². The van der Waals surface area contributed by atoms with Crippen molar-refractivity contribution in [3.63, 3.8) is 0 Å². The first kappa shape index (κ1) is 13.7. The van der Waals surface area contributed by atoms with Crippen molar-refractivity contribution in [2.75, 3.05) is 6.61 Å². The zero-order valence-electron chi connectivity index (χ0n) is 11.2. The van der Waals surface area contributed by atoms with Gasteiger partial charge in [0.15, 0.2) is 5.78 Å². The molecule has 16 heavy (non-hydrogen) atoms. The second-order valence-corrected chi connectivity index (χ2v) is 5.48. The van der Waals surface area contributed by atoms with Gasteiger partial charge >= 0.3 is 0 Å². The average molecular weight is 226 g/mol. The van der Waals surface area contributed by atoms with Crippen molar-refractivity contribution in [2.24, 2.45) is 17.8 Å². The van der Waals surface area contributed by atoms with Crippen LogP contribution in [0.5, 0.6) is 0 Å². The Hall–Kier alpha value is -0.370. The van der Waals surface area contributed by atoms with Crippen LogP contribution in [0, 0.1) is 17.8 Å². The first-order valence-electron chi connectivity index (χ1n) is 6.71. The normalized spacial score (nSPS) is 28.1. The highest BCUT2D eigenvalue weighted by atomic mass is 16.5. The van der Waals surface area contributed by atoms with Crippen LogP contribution in [0.2, 0.25) is 0 Å². The summed E-state index contributed by atoms with van der Waals surface area (Å²) in [6.45, 7) is 9.03. The highest BCUT2D eigenvalue weighted by Crippen LogP contribution is 2.30. The second kappa shape index (κ2) is 6.39. The maximum atomic E-state index is 12.3. The van der Waals surface area contributed by atoms with E-state index >= 15 is 0 Å². The van der Waals surface area contributed by atoms with Gasteiger partial charge in [-0.15, -0.1) is 0 Å². The molecule has 1 aliphatic carbocycles. The van der Waals surface area contributed by atoms with Crippen LogP contribution in [0.25, 0.3) is 0 Å². The van der Waals surface area contributed by atoms with Gasteiger partial charge in [0, 0.05) is 12.5 Å². The number of rotatable bonds is 5. The van der Waals surface area contributed by atoms with Crippen molar-refractivity contribution in [3.05, 3.63) is 0 Å². The summed E-state index contributed by atoms with van der Waals surface area (Å²) in [5, 5.41) is 0. The summed E-state index contributed by atoms with van der Waals surface area (Å²) in [6, 6.07) is 0. The van der Waals surface area contributed by atoms with Gasteiger partial charge in [-0.3, -0.25) is 4.79 Å². The zero-order chi connectivity index (χ0) is 12.1. The number of hydrogen-bond donors (Lipinski definition) is 0. The van der Waals surface area contributed by atoms with E-state index in [0.29, 0.717) is 18.3 Å². The molecule has 1 aliphatic rings. The van der Waals surface area contributed by atoms with E-state index in [1.54, 1.807) is 0 Å². The van der Waals surface area contributed by atoms with E-state index < -0.39 is 0 Å². The molecule has 0 aromatic rings.